The van der Waals surface area contributed by atoms with Gasteiger partial charge in [-0.15, -0.1) is 0 Å². The second kappa shape index (κ2) is 11.1. The summed E-state index contributed by atoms with van der Waals surface area (Å²) in [4.78, 5) is 0. The number of hydrogen-bond donors (Lipinski definition) is 0. The number of allylic oxidation sites excluding steroid dienone is 1. The number of hydrogen-bond acceptors (Lipinski definition) is 0. The molecule has 0 aromatic heterocycles. The van der Waals surface area contributed by atoms with Crippen LogP contribution in [0.25, 0.3) is 0 Å². The Morgan fingerprint density at radius 2 is 1.50 bits per heavy atom. The van der Waals surface area contributed by atoms with Crippen molar-refractivity contribution < 1.29 is 12.9 Å². The maximum atomic E-state index is 9.67. The van der Waals surface area contributed by atoms with Crippen LogP contribution < -0.4 is 0 Å². The fourth-order valence-electron chi connectivity index (χ4n) is 0. The van der Waals surface area contributed by atoms with Gasteiger partial charge in [0.05, 0.1) is 0 Å². The van der Waals surface area contributed by atoms with Crippen molar-refractivity contribution in [2.75, 3.05) is 0 Å². The van der Waals surface area contributed by atoms with Crippen LogP contribution in [0, 0.1) is 0 Å². The van der Waals surface area contributed by atoms with Crippen LogP contribution in [0.2, 0.25) is 0 Å². The quantitative estimate of drug-likeness (QED) is 0.457. The molecule has 0 aromatic carbocycles. The molecule has 0 bridgehead atoms. The Hall–Kier alpha value is 1.23. The van der Waals surface area contributed by atoms with Crippen LogP contribution in [-0.2, 0) is 0 Å². The van der Waals surface area contributed by atoms with Gasteiger partial charge >= 0.3 is 69.7 Å². The van der Waals surface area contributed by atoms with Crippen LogP contribution in [0.3, 0.4) is 0 Å². The summed E-state index contributed by atoms with van der Waals surface area (Å²) < 4.78 is 31.2. The molecule has 0 nitrogen and oxygen atoms in total. The molecule has 5 heteroatoms. The standard InChI is InChI=1S/C3H5.BF3.K/c1-3-2;2-1(3)4;/h1,3H,2H3;;. The van der Waals surface area contributed by atoms with E-state index in [1.807, 2.05) is 6.92 Å². The SMILES string of the molecule is C/C=[CH]/[K].FB(F)F. The minimum atomic E-state index is -3.67. The van der Waals surface area contributed by atoms with E-state index in [2.05, 4.69) is 6.25 Å². The van der Waals surface area contributed by atoms with E-state index in [-0.39, 0.29) is 0 Å². The zero-order valence-corrected chi connectivity index (χ0v) is 7.99. The van der Waals surface area contributed by atoms with Gasteiger partial charge in [0.25, 0.3) is 0 Å². The van der Waals surface area contributed by atoms with Gasteiger partial charge in [-0.2, -0.15) is 0 Å². The van der Waals surface area contributed by atoms with E-state index < -0.39 is 7.54 Å². The fourth-order valence-corrected chi connectivity index (χ4v) is 0. The summed E-state index contributed by atoms with van der Waals surface area (Å²) >= 11 is 0.932. The van der Waals surface area contributed by atoms with Crippen molar-refractivity contribution in [3.8, 4) is 0 Å². The summed E-state index contributed by atoms with van der Waals surface area (Å²) in [6, 6.07) is 0. The first kappa shape index (κ1) is 12.0. The van der Waals surface area contributed by atoms with Gasteiger partial charge in [-0.3, -0.25) is 12.9 Å². The van der Waals surface area contributed by atoms with Crippen LogP contribution in [-0.4, -0.2) is 56.5 Å². The summed E-state index contributed by atoms with van der Waals surface area (Å²) in [5.41, 5.74) is 0. The molecule has 0 amide bonds. The largest absolute Gasteiger partial charge is 0.762 e. The molecule has 0 rings (SSSR count). The first-order chi connectivity index (χ1) is 3.65. The van der Waals surface area contributed by atoms with E-state index in [0.717, 1.165) is 49.0 Å². The zero-order chi connectivity index (χ0) is 6.99. The Morgan fingerprint density at radius 3 is 1.50 bits per heavy atom. The van der Waals surface area contributed by atoms with Crippen molar-refractivity contribution in [2.24, 2.45) is 0 Å². The first-order valence-electron chi connectivity index (χ1n) is 2.14. The van der Waals surface area contributed by atoms with Crippen molar-refractivity contribution >= 4 is 56.5 Å². The molecular weight excluding hydrogens is 143 g/mol. The molecule has 0 saturated carbocycles. The fraction of sp³-hybridized carbons (Fsp3) is 0.333. The smallest absolute Gasteiger partial charge is 0.254 e. The maximum Gasteiger partial charge on any atom is 0.762 e. The zero-order valence-electron chi connectivity index (χ0n) is 4.87. The van der Waals surface area contributed by atoms with Gasteiger partial charge in [0.2, 0.25) is 0 Å². The van der Waals surface area contributed by atoms with Crippen molar-refractivity contribution in [3.63, 3.8) is 0 Å². The molecule has 0 spiro atoms. The van der Waals surface area contributed by atoms with Gasteiger partial charge in [-0.25, -0.2) is 0 Å². The molecule has 0 heterocycles. The van der Waals surface area contributed by atoms with Gasteiger partial charge in [-0.05, 0) is 0 Å². The minimum absolute atomic E-state index is 0.932. The third-order valence-corrected chi connectivity index (χ3v) is 1.37. The summed E-state index contributed by atoms with van der Waals surface area (Å²) in [5, 5.41) is 0. The van der Waals surface area contributed by atoms with E-state index in [1.165, 1.54) is 0 Å². The summed E-state index contributed by atoms with van der Waals surface area (Å²) in [6.45, 7) is 2.05. The van der Waals surface area contributed by atoms with Gasteiger partial charge in [-0.1, -0.05) is 0 Å². The van der Waals surface area contributed by atoms with Crippen molar-refractivity contribution in [1.29, 1.82) is 0 Å². The third kappa shape index (κ3) is 56.4. The van der Waals surface area contributed by atoms with Gasteiger partial charge < -0.3 is 0 Å². The molecule has 0 aromatic rings. The summed E-state index contributed by atoms with van der Waals surface area (Å²) in [6.07, 6.45) is 2.08. The molecule has 0 saturated heterocycles. The Kier molecular flexibility index (Phi) is 16.6. The second-order valence-corrected chi connectivity index (χ2v) is 1.96. The predicted molar refractivity (Wildman–Crippen MR) is 29.6 cm³/mol. The van der Waals surface area contributed by atoms with Crippen LogP contribution in [0.4, 0.5) is 12.9 Å². The average molecular weight is 148 g/mol. The van der Waals surface area contributed by atoms with E-state index in [4.69, 9.17) is 0 Å². The van der Waals surface area contributed by atoms with Crippen molar-refractivity contribution in [2.45, 2.75) is 6.92 Å². The van der Waals surface area contributed by atoms with E-state index >= 15 is 0 Å². The normalized spacial score (nSPS) is 8.25. The second-order valence-electron chi connectivity index (χ2n) is 0.914. The Bertz CT molecular complexity index is 49.7. The number of rotatable bonds is 0. The van der Waals surface area contributed by atoms with Crippen LogP contribution in [0.1, 0.15) is 6.92 Å². The van der Waals surface area contributed by atoms with Gasteiger partial charge in [0.1, 0.15) is 0 Å². The van der Waals surface area contributed by atoms with Crippen LogP contribution >= 0.6 is 0 Å². The molecular formula is C3H5BF3K. The van der Waals surface area contributed by atoms with Crippen LogP contribution in [0.5, 0.6) is 0 Å². The topological polar surface area (TPSA) is 0 Å². The molecule has 0 fully saturated rings. The molecule has 0 N–H and O–H groups in total. The van der Waals surface area contributed by atoms with E-state index in [1.54, 1.807) is 0 Å². The molecule has 0 unspecified atom stereocenters. The van der Waals surface area contributed by atoms with Crippen molar-refractivity contribution in [1.82, 2.24) is 0 Å². The average Bonchev–Trinajstić information content (AvgIpc) is 1.65. The third-order valence-electron chi connectivity index (χ3n) is 0.333. The molecule has 0 aliphatic carbocycles. The predicted octanol–water partition coefficient (Wildman–Crippen LogP) is 1.57. The van der Waals surface area contributed by atoms with Crippen molar-refractivity contribution in [3.05, 3.63) is 6.25 Å². The first-order valence-corrected chi connectivity index (χ1v) is 3.95. The van der Waals surface area contributed by atoms with Gasteiger partial charge in [0, 0.05) is 0 Å². The molecule has 0 radical (unpaired) electrons. The Morgan fingerprint density at radius 1 is 1.38 bits per heavy atom. The Balaban J connectivity index is 0. The molecule has 42 valence electrons. The number of halogens is 3. The molecule has 8 heavy (non-hydrogen) atoms. The van der Waals surface area contributed by atoms with Gasteiger partial charge in [0.15, 0.2) is 0 Å². The summed E-state index contributed by atoms with van der Waals surface area (Å²) in [5.74, 6) is 0. The molecule has 0 atom stereocenters. The monoisotopic (exact) mass is 148 g/mol. The minimum Gasteiger partial charge on any atom is -0.254 e. The molecule has 0 aliphatic rings. The maximum absolute atomic E-state index is 9.67. The summed E-state index contributed by atoms with van der Waals surface area (Å²) in [7, 11) is -3.67. The van der Waals surface area contributed by atoms with Crippen LogP contribution in [0.15, 0.2) is 6.25 Å². The molecule has 0 aliphatic heterocycles. The van der Waals surface area contributed by atoms with E-state index in [9.17, 15) is 12.9 Å². The Labute approximate surface area is 81.3 Å². The van der Waals surface area contributed by atoms with E-state index in [0.29, 0.717) is 0 Å².